The first-order valence-electron chi connectivity index (χ1n) is 5.83. The van der Waals surface area contributed by atoms with Crippen molar-refractivity contribution in [1.82, 2.24) is 9.78 Å². The summed E-state index contributed by atoms with van der Waals surface area (Å²) in [6.07, 6.45) is 2.03. The molecule has 0 bridgehead atoms. The summed E-state index contributed by atoms with van der Waals surface area (Å²) in [5.74, 6) is 0.471. The van der Waals surface area contributed by atoms with E-state index in [-0.39, 0.29) is 0 Å². The molecule has 0 spiro atoms. The van der Waals surface area contributed by atoms with Gasteiger partial charge in [0.15, 0.2) is 0 Å². The molecule has 1 aromatic heterocycles. The van der Waals surface area contributed by atoms with E-state index in [9.17, 15) is 0 Å². The third-order valence-corrected chi connectivity index (χ3v) is 3.54. The molecule has 0 fully saturated rings. The van der Waals surface area contributed by atoms with Crippen LogP contribution in [0.2, 0.25) is 0 Å². The lowest BCUT2D eigenvalue weighted by molar-refractivity contribution is 0.768. The Balaban J connectivity index is 2.36. The number of alkyl halides is 1. The standard InChI is InChI=1S/C14H17BrN2/c1-10(2)14-6-7-17(16-14)13-5-4-12(9-15)11(3)8-13/h4-8,10H,9H2,1-3H3. The van der Waals surface area contributed by atoms with E-state index in [1.54, 1.807) is 0 Å². The minimum absolute atomic E-state index is 0.471. The Morgan fingerprint density at radius 1 is 1.29 bits per heavy atom. The van der Waals surface area contributed by atoms with Crippen LogP contribution in [0.3, 0.4) is 0 Å². The quantitative estimate of drug-likeness (QED) is 0.776. The zero-order valence-electron chi connectivity index (χ0n) is 10.4. The number of aromatic nitrogens is 2. The van der Waals surface area contributed by atoms with Crippen molar-refractivity contribution in [3.8, 4) is 5.69 Å². The average Bonchev–Trinajstić information content (AvgIpc) is 2.78. The van der Waals surface area contributed by atoms with Gasteiger partial charge >= 0.3 is 0 Å². The Morgan fingerprint density at radius 3 is 2.59 bits per heavy atom. The van der Waals surface area contributed by atoms with E-state index >= 15 is 0 Å². The number of rotatable bonds is 3. The summed E-state index contributed by atoms with van der Waals surface area (Å²) in [5, 5.41) is 5.48. The van der Waals surface area contributed by atoms with Gasteiger partial charge in [-0.2, -0.15) is 5.10 Å². The van der Waals surface area contributed by atoms with Gasteiger partial charge in [0, 0.05) is 11.5 Å². The van der Waals surface area contributed by atoms with Crippen molar-refractivity contribution in [2.45, 2.75) is 32.0 Å². The molecule has 3 heteroatoms. The van der Waals surface area contributed by atoms with Crippen LogP contribution in [-0.4, -0.2) is 9.78 Å². The third-order valence-electron chi connectivity index (χ3n) is 2.94. The number of aryl methyl sites for hydroxylation is 1. The molecule has 90 valence electrons. The molecule has 1 aromatic carbocycles. The van der Waals surface area contributed by atoms with Gasteiger partial charge in [-0.1, -0.05) is 35.8 Å². The first-order chi connectivity index (χ1) is 8.11. The second kappa shape index (κ2) is 5.05. The molecule has 0 aliphatic rings. The van der Waals surface area contributed by atoms with Crippen LogP contribution in [0.5, 0.6) is 0 Å². The zero-order chi connectivity index (χ0) is 12.4. The van der Waals surface area contributed by atoms with E-state index in [4.69, 9.17) is 0 Å². The fourth-order valence-electron chi connectivity index (χ4n) is 1.76. The first-order valence-corrected chi connectivity index (χ1v) is 6.95. The highest BCUT2D eigenvalue weighted by Crippen LogP contribution is 2.18. The van der Waals surface area contributed by atoms with Crippen LogP contribution in [0.1, 0.15) is 36.6 Å². The van der Waals surface area contributed by atoms with Gasteiger partial charge in [0.2, 0.25) is 0 Å². The Labute approximate surface area is 111 Å². The van der Waals surface area contributed by atoms with Crippen molar-refractivity contribution in [2.24, 2.45) is 0 Å². The van der Waals surface area contributed by atoms with E-state index < -0.39 is 0 Å². The molecule has 0 aliphatic heterocycles. The molecular formula is C14H17BrN2. The Kier molecular flexibility index (Phi) is 3.67. The van der Waals surface area contributed by atoms with Gasteiger partial charge in [0.1, 0.15) is 0 Å². The summed E-state index contributed by atoms with van der Waals surface area (Å²) < 4.78 is 1.94. The highest BCUT2D eigenvalue weighted by atomic mass is 79.9. The fraction of sp³-hybridized carbons (Fsp3) is 0.357. The predicted molar refractivity (Wildman–Crippen MR) is 75.0 cm³/mol. The molecule has 1 heterocycles. The lowest BCUT2D eigenvalue weighted by atomic mass is 10.1. The molecule has 17 heavy (non-hydrogen) atoms. The van der Waals surface area contributed by atoms with Crippen LogP contribution in [0, 0.1) is 6.92 Å². The summed E-state index contributed by atoms with van der Waals surface area (Å²) in [6.45, 7) is 6.45. The minimum Gasteiger partial charge on any atom is -0.241 e. The van der Waals surface area contributed by atoms with Crippen molar-refractivity contribution in [2.75, 3.05) is 0 Å². The van der Waals surface area contributed by atoms with Gasteiger partial charge in [-0.3, -0.25) is 0 Å². The molecule has 0 radical (unpaired) electrons. The molecule has 0 saturated carbocycles. The Bertz CT molecular complexity index is 515. The maximum Gasteiger partial charge on any atom is 0.0654 e. The number of halogens is 1. The zero-order valence-corrected chi connectivity index (χ0v) is 12.0. The first kappa shape index (κ1) is 12.4. The Morgan fingerprint density at radius 2 is 2.06 bits per heavy atom. The van der Waals surface area contributed by atoms with Crippen LogP contribution in [0.25, 0.3) is 5.69 Å². The summed E-state index contributed by atoms with van der Waals surface area (Å²) in [6, 6.07) is 8.52. The summed E-state index contributed by atoms with van der Waals surface area (Å²) in [4.78, 5) is 0. The Hall–Kier alpha value is -1.09. The van der Waals surface area contributed by atoms with Gasteiger partial charge in [0.05, 0.1) is 11.4 Å². The predicted octanol–water partition coefficient (Wildman–Crippen LogP) is 4.20. The van der Waals surface area contributed by atoms with E-state index in [1.165, 1.54) is 11.1 Å². The molecule has 0 N–H and O–H groups in total. The maximum absolute atomic E-state index is 4.58. The van der Waals surface area contributed by atoms with E-state index in [0.717, 1.165) is 16.7 Å². The molecule has 0 aliphatic carbocycles. The lowest BCUT2D eigenvalue weighted by Crippen LogP contribution is -1.98. The monoisotopic (exact) mass is 292 g/mol. The van der Waals surface area contributed by atoms with Crippen molar-refractivity contribution in [3.05, 3.63) is 47.3 Å². The number of benzene rings is 1. The van der Waals surface area contributed by atoms with E-state index in [1.807, 2.05) is 10.9 Å². The second-order valence-electron chi connectivity index (χ2n) is 4.58. The molecule has 0 amide bonds. The minimum atomic E-state index is 0.471. The second-order valence-corrected chi connectivity index (χ2v) is 5.15. The van der Waals surface area contributed by atoms with Crippen LogP contribution in [0.15, 0.2) is 30.5 Å². The van der Waals surface area contributed by atoms with Gasteiger partial charge in [-0.05, 0) is 42.2 Å². The molecule has 0 unspecified atom stereocenters. The van der Waals surface area contributed by atoms with Gasteiger partial charge in [-0.25, -0.2) is 4.68 Å². The SMILES string of the molecule is Cc1cc(-n2ccc(C(C)C)n2)ccc1CBr. The molecule has 2 nitrogen and oxygen atoms in total. The normalized spacial score (nSPS) is 11.1. The number of hydrogen-bond donors (Lipinski definition) is 0. The smallest absolute Gasteiger partial charge is 0.0654 e. The van der Waals surface area contributed by atoms with Crippen LogP contribution < -0.4 is 0 Å². The molecule has 0 atom stereocenters. The van der Waals surface area contributed by atoms with Crippen molar-refractivity contribution < 1.29 is 0 Å². The van der Waals surface area contributed by atoms with E-state index in [2.05, 4.69) is 66.1 Å². The average molecular weight is 293 g/mol. The molecule has 2 aromatic rings. The fourth-order valence-corrected chi connectivity index (χ4v) is 2.39. The van der Waals surface area contributed by atoms with Crippen molar-refractivity contribution in [3.63, 3.8) is 0 Å². The molecular weight excluding hydrogens is 276 g/mol. The van der Waals surface area contributed by atoms with Gasteiger partial charge in [-0.15, -0.1) is 0 Å². The van der Waals surface area contributed by atoms with Gasteiger partial charge < -0.3 is 0 Å². The highest BCUT2D eigenvalue weighted by molar-refractivity contribution is 9.08. The van der Waals surface area contributed by atoms with E-state index in [0.29, 0.717) is 5.92 Å². The van der Waals surface area contributed by atoms with Gasteiger partial charge in [0.25, 0.3) is 0 Å². The third kappa shape index (κ3) is 2.60. The summed E-state index contributed by atoms with van der Waals surface area (Å²) in [7, 11) is 0. The van der Waals surface area contributed by atoms with Crippen molar-refractivity contribution in [1.29, 1.82) is 0 Å². The lowest BCUT2D eigenvalue weighted by Gasteiger charge is -2.06. The van der Waals surface area contributed by atoms with Crippen LogP contribution >= 0.6 is 15.9 Å². The largest absolute Gasteiger partial charge is 0.241 e. The maximum atomic E-state index is 4.58. The summed E-state index contributed by atoms with van der Waals surface area (Å²) in [5.41, 5.74) is 4.87. The topological polar surface area (TPSA) is 17.8 Å². The van der Waals surface area contributed by atoms with Crippen molar-refractivity contribution >= 4 is 15.9 Å². The van der Waals surface area contributed by atoms with Crippen LogP contribution in [0.4, 0.5) is 0 Å². The number of hydrogen-bond acceptors (Lipinski definition) is 1. The molecule has 0 saturated heterocycles. The highest BCUT2D eigenvalue weighted by Gasteiger charge is 2.05. The number of nitrogens with zero attached hydrogens (tertiary/aromatic N) is 2. The van der Waals surface area contributed by atoms with Crippen LogP contribution in [-0.2, 0) is 5.33 Å². The summed E-state index contributed by atoms with van der Waals surface area (Å²) >= 11 is 3.49. The molecule has 2 rings (SSSR count).